The van der Waals surface area contributed by atoms with Gasteiger partial charge in [0.2, 0.25) is 0 Å². The van der Waals surface area contributed by atoms with Crippen LogP contribution >= 0.6 is 0 Å². The van der Waals surface area contributed by atoms with Gasteiger partial charge in [0.15, 0.2) is 0 Å². The van der Waals surface area contributed by atoms with E-state index in [1.165, 1.54) is 6.92 Å². The summed E-state index contributed by atoms with van der Waals surface area (Å²) in [6.45, 7) is 1.42. The summed E-state index contributed by atoms with van der Waals surface area (Å²) < 4.78 is 84.4. The number of halogens is 6. The summed E-state index contributed by atoms with van der Waals surface area (Å²) in [5.74, 6) is 0.0496. The Balaban J connectivity index is 0.00000341. The molecular formula is C23H24F6O2. The quantitative estimate of drug-likeness (QED) is 0.457. The number of rotatable bonds is 5. The van der Waals surface area contributed by atoms with Gasteiger partial charge < -0.3 is 4.74 Å². The van der Waals surface area contributed by atoms with Crippen LogP contribution in [0.1, 0.15) is 62.0 Å². The summed E-state index contributed by atoms with van der Waals surface area (Å²) >= 11 is 0. The van der Waals surface area contributed by atoms with Gasteiger partial charge in [-0.1, -0.05) is 37.8 Å². The first-order chi connectivity index (χ1) is 13.9. The molecule has 1 saturated carbocycles. The summed E-state index contributed by atoms with van der Waals surface area (Å²) in [6, 6.07) is 10.6. The van der Waals surface area contributed by atoms with E-state index < -0.39 is 35.0 Å². The molecule has 3 rings (SSSR count). The Kier molecular flexibility index (Phi) is 7.25. The standard InChI is InChI=1S/C22H20F6O2.CH4/c1-14(15-9-17(21(23,24)25)11-18(10-15)22(26,27)28)30-13-20(8-7-19(29)12-20)16-5-3-2-4-6-16;/h2-6,9-11,14H,7-8,12-13H2,1H3;1H4/t14-,20+;/m1./s1. The highest BCUT2D eigenvalue weighted by Gasteiger charge is 2.41. The number of carbonyl (C=O) groups is 1. The number of ketones is 1. The van der Waals surface area contributed by atoms with E-state index in [1.54, 1.807) is 0 Å². The van der Waals surface area contributed by atoms with E-state index in [0.717, 1.165) is 5.56 Å². The number of ether oxygens (including phenoxy) is 1. The SMILES string of the molecule is C.C[C@@H](OC[C@]1(c2ccccc2)CCC(=O)C1)c1cc(C(F)(F)F)cc(C(F)(F)F)c1. The Bertz CT molecular complexity index is 872. The fourth-order valence-corrected chi connectivity index (χ4v) is 3.77. The van der Waals surface area contributed by atoms with Gasteiger partial charge >= 0.3 is 12.4 Å². The van der Waals surface area contributed by atoms with Gasteiger partial charge in [0.05, 0.1) is 23.8 Å². The number of Topliss-reactive ketones (excluding diaryl/α,β-unsaturated/α-hetero) is 1. The van der Waals surface area contributed by atoms with Gasteiger partial charge in [0.1, 0.15) is 5.78 Å². The Morgan fingerprint density at radius 2 is 1.52 bits per heavy atom. The number of hydrogen-bond donors (Lipinski definition) is 0. The fourth-order valence-electron chi connectivity index (χ4n) is 3.77. The van der Waals surface area contributed by atoms with Crippen molar-refractivity contribution in [1.29, 1.82) is 0 Å². The molecule has 2 aromatic rings. The second-order valence-electron chi connectivity index (χ2n) is 7.65. The molecule has 0 aliphatic heterocycles. The third-order valence-electron chi connectivity index (χ3n) is 5.49. The molecule has 8 heteroatoms. The van der Waals surface area contributed by atoms with Crippen LogP contribution in [0.5, 0.6) is 0 Å². The summed E-state index contributed by atoms with van der Waals surface area (Å²) in [7, 11) is 0. The van der Waals surface area contributed by atoms with E-state index in [1.807, 2.05) is 30.3 Å². The van der Waals surface area contributed by atoms with Crippen molar-refractivity contribution in [1.82, 2.24) is 0 Å². The molecule has 0 amide bonds. The lowest BCUT2D eigenvalue weighted by atomic mass is 9.79. The predicted octanol–water partition coefficient (Wildman–Crippen LogP) is 7.13. The fraction of sp³-hybridized carbons (Fsp3) is 0.435. The van der Waals surface area contributed by atoms with Crippen LogP contribution in [0, 0.1) is 0 Å². The summed E-state index contributed by atoms with van der Waals surface area (Å²) in [5.41, 5.74) is -2.75. The molecule has 2 atom stereocenters. The van der Waals surface area contributed by atoms with E-state index in [0.29, 0.717) is 25.0 Å². The molecule has 1 aliphatic carbocycles. The lowest BCUT2D eigenvalue weighted by Crippen LogP contribution is -2.30. The van der Waals surface area contributed by atoms with Gasteiger partial charge in [-0.3, -0.25) is 4.79 Å². The second kappa shape index (κ2) is 9.02. The summed E-state index contributed by atoms with van der Waals surface area (Å²) in [5, 5.41) is 0. The van der Waals surface area contributed by atoms with Crippen LogP contribution < -0.4 is 0 Å². The maximum Gasteiger partial charge on any atom is 0.416 e. The average molecular weight is 446 g/mol. The zero-order chi connectivity index (χ0) is 22.2. The van der Waals surface area contributed by atoms with E-state index in [9.17, 15) is 31.1 Å². The molecule has 1 aliphatic rings. The van der Waals surface area contributed by atoms with Crippen LogP contribution in [0.25, 0.3) is 0 Å². The highest BCUT2D eigenvalue weighted by atomic mass is 19.4. The minimum Gasteiger partial charge on any atom is -0.373 e. The lowest BCUT2D eigenvalue weighted by molar-refractivity contribution is -0.143. The third-order valence-corrected chi connectivity index (χ3v) is 5.49. The first-order valence-corrected chi connectivity index (χ1v) is 9.39. The van der Waals surface area contributed by atoms with Gasteiger partial charge in [-0.05, 0) is 42.7 Å². The Hall–Kier alpha value is -2.35. The van der Waals surface area contributed by atoms with Crippen LogP contribution in [0.2, 0.25) is 0 Å². The molecule has 1 fully saturated rings. The van der Waals surface area contributed by atoms with Crippen molar-refractivity contribution in [3.05, 3.63) is 70.8 Å². The first-order valence-electron chi connectivity index (χ1n) is 9.39. The second-order valence-corrected chi connectivity index (χ2v) is 7.65. The van der Waals surface area contributed by atoms with Crippen LogP contribution in [-0.2, 0) is 27.3 Å². The molecule has 0 bridgehead atoms. The number of alkyl halides is 6. The largest absolute Gasteiger partial charge is 0.416 e. The van der Waals surface area contributed by atoms with Gasteiger partial charge in [-0.2, -0.15) is 26.3 Å². The molecular weight excluding hydrogens is 422 g/mol. The van der Waals surface area contributed by atoms with Crippen molar-refractivity contribution in [3.63, 3.8) is 0 Å². The molecule has 0 radical (unpaired) electrons. The van der Waals surface area contributed by atoms with Crippen molar-refractivity contribution in [2.24, 2.45) is 0 Å². The van der Waals surface area contributed by atoms with E-state index in [-0.39, 0.29) is 37.9 Å². The Labute approximate surface area is 177 Å². The smallest absolute Gasteiger partial charge is 0.373 e. The van der Waals surface area contributed by atoms with Crippen LogP contribution in [0.4, 0.5) is 26.3 Å². The lowest BCUT2D eigenvalue weighted by Gasteiger charge is -2.30. The highest BCUT2D eigenvalue weighted by molar-refractivity contribution is 5.82. The molecule has 0 saturated heterocycles. The number of carbonyl (C=O) groups excluding carboxylic acids is 1. The van der Waals surface area contributed by atoms with Crippen molar-refractivity contribution >= 4 is 5.78 Å². The monoisotopic (exact) mass is 446 g/mol. The zero-order valence-corrected chi connectivity index (χ0v) is 16.1. The zero-order valence-electron chi connectivity index (χ0n) is 16.1. The van der Waals surface area contributed by atoms with E-state index in [2.05, 4.69) is 0 Å². The number of benzene rings is 2. The molecule has 0 aromatic heterocycles. The van der Waals surface area contributed by atoms with Crippen LogP contribution in [0.3, 0.4) is 0 Å². The van der Waals surface area contributed by atoms with Gasteiger partial charge in [-0.25, -0.2) is 0 Å². The van der Waals surface area contributed by atoms with Crippen molar-refractivity contribution in [2.75, 3.05) is 6.61 Å². The number of hydrogen-bond acceptors (Lipinski definition) is 2. The molecule has 2 aromatic carbocycles. The third kappa shape index (κ3) is 5.67. The van der Waals surface area contributed by atoms with Gasteiger partial charge in [-0.15, -0.1) is 0 Å². The Morgan fingerprint density at radius 1 is 0.968 bits per heavy atom. The molecule has 31 heavy (non-hydrogen) atoms. The maximum absolute atomic E-state index is 13.1. The maximum atomic E-state index is 13.1. The Morgan fingerprint density at radius 3 is 1.97 bits per heavy atom. The van der Waals surface area contributed by atoms with Gasteiger partial charge in [0, 0.05) is 18.3 Å². The van der Waals surface area contributed by atoms with Crippen LogP contribution in [0.15, 0.2) is 48.5 Å². The molecule has 0 unspecified atom stereocenters. The molecule has 170 valence electrons. The van der Waals surface area contributed by atoms with Gasteiger partial charge in [0.25, 0.3) is 0 Å². The molecule has 0 heterocycles. The minimum atomic E-state index is -4.92. The van der Waals surface area contributed by atoms with Crippen molar-refractivity contribution in [2.45, 2.75) is 57.5 Å². The molecule has 0 N–H and O–H groups in total. The topological polar surface area (TPSA) is 26.3 Å². The minimum absolute atomic E-state index is 0. The van der Waals surface area contributed by atoms with Crippen molar-refractivity contribution < 1.29 is 35.9 Å². The predicted molar refractivity (Wildman–Crippen MR) is 105 cm³/mol. The van der Waals surface area contributed by atoms with E-state index in [4.69, 9.17) is 4.74 Å². The highest BCUT2D eigenvalue weighted by Crippen LogP contribution is 2.42. The average Bonchev–Trinajstić information content (AvgIpc) is 3.07. The molecule has 0 spiro atoms. The normalized spacial score (nSPS) is 20.4. The molecule has 2 nitrogen and oxygen atoms in total. The summed E-state index contributed by atoms with van der Waals surface area (Å²) in [4.78, 5) is 12.0. The van der Waals surface area contributed by atoms with Crippen LogP contribution in [-0.4, -0.2) is 12.4 Å². The van der Waals surface area contributed by atoms with Crippen molar-refractivity contribution in [3.8, 4) is 0 Å². The van der Waals surface area contributed by atoms with E-state index >= 15 is 0 Å². The summed E-state index contributed by atoms with van der Waals surface area (Å²) in [6.07, 6.45) is -9.77. The first kappa shape index (κ1) is 24.9.